The third-order valence-electron chi connectivity index (χ3n) is 3.42. The predicted molar refractivity (Wildman–Crippen MR) is 77.2 cm³/mol. The highest BCUT2D eigenvalue weighted by Crippen LogP contribution is 2.25. The number of anilines is 1. The number of amides is 2. The second kappa shape index (κ2) is 6.14. The molecule has 1 saturated heterocycles. The summed E-state index contributed by atoms with van der Waals surface area (Å²) in [6.45, 7) is 3.99. The van der Waals surface area contributed by atoms with E-state index < -0.39 is 0 Å². The van der Waals surface area contributed by atoms with Crippen molar-refractivity contribution in [3.05, 3.63) is 24.3 Å². The lowest BCUT2D eigenvalue weighted by Gasteiger charge is -2.30. The summed E-state index contributed by atoms with van der Waals surface area (Å²) in [5, 5.41) is 3.01. The lowest BCUT2D eigenvalue weighted by molar-refractivity contribution is 0.186. The van der Waals surface area contributed by atoms with Crippen LogP contribution in [0.1, 0.15) is 19.8 Å². The lowest BCUT2D eigenvalue weighted by Crippen LogP contribution is -2.40. The zero-order valence-electron chi connectivity index (χ0n) is 11.0. The summed E-state index contributed by atoms with van der Waals surface area (Å²) in [5.74, 6) is 0.743. The highest BCUT2D eigenvalue weighted by Gasteiger charge is 2.20. The minimum atomic E-state index is 0.0309. The van der Waals surface area contributed by atoms with E-state index in [2.05, 4.69) is 12.2 Å². The van der Waals surface area contributed by atoms with E-state index in [1.807, 2.05) is 35.4 Å². The quantitative estimate of drug-likeness (QED) is 0.827. The highest BCUT2D eigenvalue weighted by molar-refractivity contribution is 7.98. The second-order valence-corrected chi connectivity index (χ2v) is 5.65. The number of nitrogens with zero attached hydrogens (tertiary/aromatic N) is 1. The van der Waals surface area contributed by atoms with E-state index in [-0.39, 0.29) is 6.03 Å². The van der Waals surface area contributed by atoms with Crippen molar-refractivity contribution in [2.75, 3.05) is 24.7 Å². The number of piperidine rings is 1. The predicted octanol–water partition coefficient (Wildman–Crippen LogP) is 3.67. The van der Waals surface area contributed by atoms with Crippen molar-refractivity contribution < 1.29 is 4.79 Å². The molecule has 0 aromatic heterocycles. The molecule has 0 bridgehead atoms. The van der Waals surface area contributed by atoms with Gasteiger partial charge in [-0.15, -0.1) is 11.8 Å². The molecule has 0 saturated carbocycles. The Hall–Kier alpha value is -1.16. The van der Waals surface area contributed by atoms with E-state index in [4.69, 9.17) is 0 Å². The van der Waals surface area contributed by atoms with E-state index in [1.165, 1.54) is 0 Å². The van der Waals surface area contributed by atoms with Gasteiger partial charge < -0.3 is 10.2 Å². The number of carbonyl (C=O) groups is 1. The van der Waals surface area contributed by atoms with Crippen molar-refractivity contribution in [3.8, 4) is 0 Å². The van der Waals surface area contributed by atoms with Gasteiger partial charge in [0.25, 0.3) is 0 Å². The third kappa shape index (κ3) is 3.19. The standard InChI is InChI=1S/C14H20N2OS/c1-11-7-9-16(10-8-11)14(17)15-12-5-3-4-6-13(12)18-2/h3-6,11H,7-10H2,1-2H3,(H,15,17). The summed E-state index contributed by atoms with van der Waals surface area (Å²) >= 11 is 1.65. The van der Waals surface area contributed by atoms with Crippen molar-refractivity contribution in [1.82, 2.24) is 4.90 Å². The van der Waals surface area contributed by atoms with Gasteiger partial charge >= 0.3 is 6.03 Å². The van der Waals surface area contributed by atoms with Gasteiger partial charge in [-0.2, -0.15) is 0 Å². The molecule has 3 nitrogen and oxygen atoms in total. The number of benzene rings is 1. The van der Waals surface area contributed by atoms with Gasteiger partial charge in [-0.3, -0.25) is 0 Å². The average molecular weight is 264 g/mol. The Kier molecular flexibility index (Phi) is 4.53. The van der Waals surface area contributed by atoms with Crippen molar-refractivity contribution in [2.24, 2.45) is 5.92 Å². The highest BCUT2D eigenvalue weighted by atomic mass is 32.2. The number of para-hydroxylation sites is 1. The first-order valence-electron chi connectivity index (χ1n) is 6.39. The molecule has 0 spiro atoms. The number of carbonyl (C=O) groups excluding carboxylic acids is 1. The minimum Gasteiger partial charge on any atom is -0.325 e. The zero-order chi connectivity index (χ0) is 13.0. The lowest BCUT2D eigenvalue weighted by atomic mass is 10.00. The first-order valence-corrected chi connectivity index (χ1v) is 7.62. The SMILES string of the molecule is CSc1ccccc1NC(=O)N1CCC(C)CC1. The van der Waals surface area contributed by atoms with E-state index in [0.29, 0.717) is 0 Å². The molecule has 2 amide bonds. The molecule has 1 aliphatic heterocycles. The normalized spacial score (nSPS) is 16.7. The third-order valence-corrected chi connectivity index (χ3v) is 4.22. The number of likely N-dealkylation sites (tertiary alicyclic amines) is 1. The van der Waals surface area contributed by atoms with Gasteiger partial charge in [0.2, 0.25) is 0 Å². The van der Waals surface area contributed by atoms with Gasteiger partial charge in [-0.25, -0.2) is 4.79 Å². The Morgan fingerprint density at radius 2 is 2.00 bits per heavy atom. The minimum absolute atomic E-state index is 0.0309. The Balaban J connectivity index is 1.98. The number of thioether (sulfide) groups is 1. The molecule has 1 aliphatic rings. The van der Waals surface area contributed by atoms with Crippen LogP contribution in [-0.2, 0) is 0 Å². The fourth-order valence-electron chi connectivity index (χ4n) is 2.15. The molecule has 1 N–H and O–H groups in total. The molecule has 0 aliphatic carbocycles. The van der Waals surface area contributed by atoms with Crippen molar-refractivity contribution in [2.45, 2.75) is 24.7 Å². The van der Waals surface area contributed by atoms with Gasteiger partial charge in [-0.1, -0.05) is 19.1 Å². The first kappa shape index (κ1) is 13.3. The van der Waals surface area contributed by atoms with Gasteiger partial charge in [0.1, 0.15) is 0 Å². The summed E-state index contributed by atoms with van der Waals surface area (Å²) < 4.78 is 0. The zero-order valence-corrected chi connectivity index (χ0v) is 11.8. The number of hydrogen-bond donors (Lipinski definition) is 1. The summed E-state index contributed by atoms with van der Waals surface area (Å²) in [6, 6.07) is 7.95. The van der Waals surface area contributed by atoms with Crippen LogP contribution in [0.2, 0.25) is 0 Å². The second-order valence-electron chi connectivity index (χ2n) is 4.80. The number of rotatable bonds is 2. The Bertz CT molecular complexity index is 414. The maximum Gasteiger partial charge on any atom is 0.321 e. The Labute approximate surface area is 113 Å². The smallest absolute Gasteiger partial charge is 0.321 e. The number of nitrogens with one attached hydrogen (secondary N) is 1. The summed E-state index contributed by atoms with van der Waals surface area (Å²) in [4.78, 5) is 15.2. The maximum atomic E-state index is 12.1. The molecule has 98 valence electrons. The van der Waals surface area contributed by atoms with E-state index in [1.54, 1.807) is 11.8 Å². The summed E-state index contributed by atoms with van der Waals surface area (Å²) in [6.07, 6.45) is 4.24. The average Bonchev–Trinajstić information content (AvgIpc) is 2.40. The number of hydrogen-bond acceptors (Lipinski definition) is 2. The molecule has 0 unspecified atom stereocenters. The van der Waals surface area contributed by atoms with Crippen LogP contribution in [0.3, 0.4) is 0 Å². The maximum absolute atomic E-state index is 12.1. The van der Waals surface area contributed by atoms with Crippen LogP contribution in [0, 0.1) is 5.92 Å². The van der Waals surface area contributed by atoms with Gasteiger partial charge in [-0.05, 0) is 37.1 Å². The topological polar surface area (TPSA) is 32.3 Å². The Morgan fingerprint density at radius 3 is 2.67 bits per heavy atom. The molecular weight excluding hydrogens is 244 g/mol. The fraction of sp³-hybridized carbons (Fsp3) is 0.500. The van der Waals surface area contributed by atoms with Crippen molar-refractivity contribution in [3.63, 3.8) is 0 Å². The Morgan fingerprint density at radius 1 is 1.33 bits per heavy atom. The molecule has 0 radical (unpaired) electrons. The van der Waals surface area contributed by atoms with Crippen molar-refractivity contribution >= 4 is 23.5 Å². The van der Waals surface area contributed by atoms with Gasteiger partial charge in [0.05, 0.1) is 5.69 Å². The van der Waals surface area contributed by atoms with Crippen LogP contribution in [0.4, 0.5) is 10.5 Å². The molecule has 1 heterocycles. The van der Waals surface area contributed by atoms with Crippen molar-refractivity contribution in [1.29, 1.82) is 0 Å². The molecule has 2 rings (SSSR count). The number of urea groups is 1. The molecule has 18 heavy (non-hydrogen) atoms. The molecule has 0 atom stereocenters. The van der Waals surface area contributed by atoms with E-state index in [0.717, 1.165) is 42.4 Å². The summed E-state index contributed by atoms with van der Waals surface area (Å²) in [7, 11) is 0. The molecule has 1 fully saturated rings. The van der Waals surface area contributed by atoms with Crippen LogP contribution in [-0.4, -0.2) is 30.3 Å². The van der Waals surface area contributed by atoms with Crippen LogP contribution >= 0.6 is 11.8 Å². The molecule has 4 heteroatoms. The monoisotopic (exact) mass is 264 g/mol. The fourth-order valence-corrected chi connectivity index (χ4v) is 2.71. The van der Waals surface area contributed by atoms with Crippen LogP contribution in [0.25, 0.3) is 0 Å². The van der Waals surface area contributed by atoms with Crippen LogP contribution in [0.5, 0.6) is 0 Å². The molecule has 1 aromatic rings. The summed E-state index contributed by atoms with van der Waals surface area (Å²) in [5.41, 5.74) is 0.911. The van der Waals surface area contributed by atoms with Crippen LogP contribution in [0.15, 0.2) is 29.2 Å². The van der Waals surface area contributed by atoms with Crippen LogP contribution < -0.4 is 5.32 Å². The molecular formula is C14H20N2OS. The van der Waals surface area contributed by atoms with E-state index in [9.17, 15) is 4.79 Å². The van der Waals surface area contributed by atoms with Gasteiger partial charge in [0, 0.05) is 18.0 Å². The van der Waals surface area contributed by atoms with Gasteiger partial charge in [0.15, 0.2) is 0 Å². The van der Waals surface area contributed by atoms with E-state index >= 15 is 0 Å². The molecule has 1 aromatic carbocycles. The largest absolute Gasteiger partial charge is 0.325 e. The first-order chi connectivity index (χ1) is 8.70.